The van der Waals surface area contributed by atoms with Crippen molar-refractivity contribution in [2.45, 2.75) is 38.9 Å². The summed E-state index contributed by atoms with van der Waals surface area (Å²) >= 11 is 0. The lowest BCUT2D eigenvalue weighted by Crippen LogP contribution is -2.41. The number of rotatable bonds is 2. The first-order valence-electron chi connectivity index (χ1n) is 6.83. The maximum Gasteiger partial charge on any atom is 0.516 e. The van der Waals surface area contributed by atoms with E-state index < -0.39 is 18.3 Å². The van der Waals surface area contributed by atoms with E-state index in [0.29, 0.717) is 17.0 Å². The fourth-order valence-corrected chi connectivity index (χ4v) is 2.01. The highest BCUT2D eigenvalue weighted by atomic mass is 16.7. The van der Waals surface area contributed by atoms with Gasteiger partial charge in [0.2, 0.25) is 0 Å². The first kappa shape index (κ1) is 14.1. The van der Waals surface area contributed by atoms with Crippen LogP contribution >= 0.6 is 0 Å². The second-order valence-corrected chi connectivity index (χ2v) is 6.01. The summed E-state index contributed by atoms with van der Waals surface area (Å²) in [6.45, 7) is 8.03. The van der Waals surface area contributed by atoms with Crippen LogP contribution in [0, 0.1) is 0 Å². The fraction of sp³-hybridized carbons (Fsp3) is 0.429. The molecule has 108 valence electrons. The van der Waals surface area contributed by atoms with Crippen LogP contribution in [0.25, 0.3) is 11.4 Å². The Bertz CT molecular complexity index is 632. The Labute approximate surface area is 124 Å². The predicted octanol–water partition coefficient (Wildman–Crippen LogP) is 1.23. The van der Waals surface area contributed by atoms with E-state index in [0.717, 1.165) is 0 Å². The zero-order chi connectivity index (χ0) is 15.1. The third-order valence-corrected chi connectivity index (χ3v) is 3.97. The zero-order valence-electron chi connectivity index (χ0n) is 12.6. The molecule has 0 radical (unpaired) electrons. The molecule has 0 aliphatic carbocycles. The van der Waals surface area contributed by atoms with Gasteiger partial charge in [-0.15, -0.1) is 0 Å². The third kappa shape index (κ3) is 2.54. The smallest absolute Gasteiger partial charge is 0.398 e. The Morgan fingerprint density at radius 3 is 2.14 bits per heavy atom. The van der Waals surface area contributed by atoms with E-state index in [1.54, 1.807) is 31.0 Å². The van der Waals surface area contributed by atoms with Gasteiger partial charge in [-0.2, -0.15) is 0 Å². The number of hydrogen-bond donors (Lipinski definition) is 0. The van der Waals surface area contributed by atoms with E-state index in [9.17, 15) is 0 Å². The van der Waals surface area contributed by atoms with Crippen LogP contribution in [0.4, 0.5) is 0 Å². The Morgan fingerprint density at radius 1 is 0.857 bits per heavy atom. The second-order valence-electron chi connectivity index (χ2n) is 6.01. The van der Waals surface area contributed by atoms with E-state index in [4.69, 9.17) is 9.31 Å². The maximum absolute atomic E-state index is 5.98. The average molecular weight is 284 g/mol. The quantitative estimate of drug-likeness (QED) is 0.773. The van der Waals surface area contributed by atoms with Crippen molar-refractivity contribution in [3.05, 3.63) is 31.0 Å². The van der Waals surface area contributed by atoms with Crippen molar-refractivity contribution in [2.75, 3.05) is 0 Å². The number of hydrogen-bond acceptors (Lipinski definition) is 6. The molecule has 3 rings (SSSR count). The lowest BCUT2D eigenvalue weighted by atomic mass is 9.85. The summed E-state index contributed by atoms with van der Waals surface area (Å²) in [6.07, 6.45) is 8.20. The minimum absolute atomic E-state index is 0.401. The van der Waals surface area contributed by atoms with Crippen LogP contribution in [0.3, 0.4) is 0 Å². The van der Waals surface area contributed by atoms with Gasteiger partial charge in [-0.1, -0.05) is 0 Å². The lowest BCUT2D eigenvalue weighted by Gasteiger charge is -2.32. The molecule has 0 atom stereocenters. The van der Waals surface area contributed by atoms with Gasteiger partial charge >= 0.3 is 7.12 Å². The SMILES string of the molecule is CC1(C)OB(c2cncc(-c3cnccn3)n2)OC1(C)C. The first-order chi connectivity index (χ1) is 9.89. The largest absolute Gasteiger partial charge is 0.516 e. The molecule has 7 heteroatoms. The Balaban J connectivity index is 1.92. The van der Waals surface area contributed by atoms with Gasteiger partial charge in [-0.3, -0.25) is 19.9 Å². The van der Waals surface area contributed by atoms with Crippen LogP contribution < -0.4 is 5.59 Å². The van der Waals surface area contributed by atoms with Crippen molar-refractivity contribution in [2.24, 2.45) is 0 Å². The summed E-state index contributed by atoms with van der Waals surface area (Å²) < 4.78 is 12.0. The highest BCUT2D eigenvalue weighted by Gasteiger charge is 2.52. The minimum Gasteiger partial charge on any atom is -0.398 e. The standard InChI is InChI=1S/C14H17BN4O2/c1-13(2)14(3,4)21-15(20-13)12-9-17-8-11(19-12)10-7-16-5-6-18-10/h5-9H,1-4H3. The van der Waals surface area contributed by atoms with Crippen molar-refractivity contribution < 1.29 is 9.31 Å². The molecule has 1 aliphatic heterocycles. The highest BCUT2D eigenvalue weighted by Crippen LogP contribution is 2.36. The molecule has 0 N–H and O–H groups in total. The Hall–Kier alpha value is -1.86. The molecule has 1 saturated heterocycles. The maximum atomic E-state index is 5.98. The highest BCUT2D eigenvalue weighted by molar-refractivity contribution is 6.61. The summed E-state index contributed by atoms with van der Waals surface area (Å²) in [4.78, 5) is 17.0. The van der Waals surface area contributed by atoms with Gasteiger partial charge in [0.1, 0.15) is 11.4 Å². The van der Waals surface area contributed by atoms with Crippen molar-refractivity contribution in [1.82, 2.24) is 19.9 Å². The van der Waals surface area contributed by atoms with Crippen LogP contribution in [-0.4, -0.2) is 38.3 Å². The van der Waals surface area contributed by atoms with E-state index in [1.807, 2.05) is 27.7 Å². The minimum atomic E-state index is -0.529. The van der Waals surface area contributed by atoms with E-state index >= 15 is 0 Å². The molecule has 1 fully saturated rings. The monoisotopic (exact) mass is 284 g/mol. The number of aromatic nitrogens is 4. The van der Waals surface area contributed by atoms with Gasteiger partial charge in [0.05, 0.1) is 29.2 Å². The van der Waals surface area contributed by atoms with E-state index in [2.05, 4.69) is 19.9 Å². The topological polar surface area (TPSA) is 70.0 Å². The molecule has 3 heterocycles. The molecule has 0 saturated carbocycles. The summed E-state index contributed by atoms with van der Waals surface area (Å²) in [5.74, 6) is 0. The van der Waals surface area contributed by atoms with Gasteiger partial charge in [0.15, 0.2) is 0 Å². The second kappa shape index (κ2) is 4.86. The molecule has 2 aromatic rings. The zero-order valence-corrected chi connectivity index (χ0v) is 12.6. The molecular formula is C14H17BN4O2. The van der Waals surface area contributed by atoms with Crippen LogP contribution in [-0.2, 0) is 9.31 Å². The molecule has 0 unspecified atom stereocenters. The van der Waals surface area contributed by atoms with Crippen molar-refractivity contribution in [1.29, 1.82) is 0 Å². The van der Waals surface area contributed by atoms with E-state index in [1.165, 1.54) is 0 Å². The number of nitrogens with zero attached hydrogens (tertiary/aromatic N) is 4. The van der Waals surface area contributed by atoms with Crippen molar-refractivity contribution in [3.8, 4) is 11.4 Å². The molecule has 1 aliphatic rings. The van der Waals surface area contributed by atoms with Gasteiger partial charge < -0.3 is 9.31 Å². The molecule has 2 aromatic heterocycles. The van der Waals surface area contributed by atoms with Gasteiger partial charge in [0.25, 0.3) is 0 Å². The summed E-state index contributed by atoms with van der Waals surface area (Å²) in [5, 5.41) is 0. The van der Waals surface area contributed by atoms with Crippen LogP contribution in [0.15, 0.2) is 31.0 Å². The van der Waals surface area contributed by atoms with Crippen molar-refractivity contribution in [3.63, 3.8) is 0 Å². The van der Waals surface area contributed by atoms with Crippen LogP contribution in [0.1, 0.15) is 27.7 Å². The molecule has 0 aromatic carbocycles. The summed E-state index contributed by atoms with van der Waals surface area (Å²) in [6, 6.07) is 0. The molecule has 21 heavy (non-hydrogen) atoms. The predicted molar refractivity (Wildman–Crippen MR) is 78.8 cm³/mol. The first-order valence-corrected chi connectivity index (χ1v) is 6.83. The fourth-order valence-electron chi connectivity index (χ4n) is 2.01. The van der Waals surface area contributed by atoms with E-state index in [-0.39, 0.29) is 0 Å². The van der Waals surface area contributed by atoms with Gasteiger partial charge in [-0.25, -0.2) is 0 Å². The van der Waals surface area contributed by atoms with Crippen LogP contribution in [0.2, 0.25) is 0 Å². The molecule has 0 bridgehead atoms. The average Bonchev–Trinajstić information content (AvgIpc) is 2.69. The van der Waals surface area contributed by atoms with Gasteiger partial charge in [-0.05, 0) is 27.7 Å². The van der Waals surface area contributed by atoms with Gasteiger partial charge in [0, 0.05) is 18.6 Å². The lowest BCUT2D eigenvalue weighted by molar-refractivity contribution is 0.00578. The normalized spacial score (nSPS) is 19.7. The molecular weight excluding hydrogens is 267 g/mol. The molecule has 0 amide bonds. The Morgan fingerprint density at radius 2 is 1.52 bits per heavy atom. The Kier molecular flexibility index (Phi) is 3.26. The summed E-state index contributed by atoms with van der Waals surface area (Å²) in [7, 11) is -0.529. The third-order valence-electron chi connectivity index (χ3n) is 3.97. The van der Waals surface area contributed by atoms with Crippen molar-refractivity contribution >= 4 is 12.7 Å². The molecule has 6 nitrogen and oxygen atoms in total. The summed E-state index contributed by atoms with van der Waals surface area (Å²) in [5.41, 5.74) is 1.15. The van der Waals surface area contributed by atoms with Crippen LogP contribution in [0.5, 0.6) is 0 Å². The molecule has 0 spiro atoms.